The summed E-state index contributed by atoms with van der Waals surface area (Å²) in [7, 11) is 0. The fourth-order valence-corrected chi connectivity index (χ4v) is 1.72. The number of carboxylic acids is 2. The summed E-state index contributed by atoms with van der Waals surface area (Å²) in [5.74, 6) is -3.19. The van der Waals surface area contributed by atoms with E-state index >= 15 is 0 Å². The molecule has 1 aromatic carbocycles. The van der Waals surface area contributed by atoms with Gasteiger partial charge in [0.15, 0.2) is 0 Å². The second-order valence-electron chi connectivity index (χ2n) is 3.18. The minimum Gasteiger partial charge on any atom is -0.480 e. The summed E-state index contributed by atoms with van der Waals surface area (Å²) >= 11 is 3.11. The topological polar surface area (TPSA) is 94.8 Å². The number of hydrogen-bond donors (Lipinski definition) is 3. The van der Waals surface area contributed by atoms with Crippen LogP contribution in [0.3, 0.4) is 0 Å². The number of aliphatic hydroxyl groups excluding tert-OH is 1. The molecule has 0 saturated heterocycles. The van der Waals surface area contributed by atoms with E-state index in [1.54, 1.807) is 6.07 Å². The van der Waals surface area contributed by atoms with Crippen molar-refractivity contribution in [3.8, 4) is 0 Å². The highest BCUT2D eigenvalue weighted by Crippen LogP contribution is 2.27. The summed E-state index contributed by atoms with van der Waals surface area (Å²) in [6.07, 6.45) is 0. The van der Waals surface area contributed by atoms with E-state index in [0.717, 1.165) is 0 Å². The van der Waals surface area contributed by atoms with Crippen molar-refractivity contribution < 1.29 is 24.9 Å². The quantitative estimate of drug-likeness (QED) is 0.714. The third-order valence-electron chi connectivity index (χ3n) is 2.28. The van der Waals surface area contributed by atoms with Gasteiger partial charge in [-0.1, -0.05) is 28.1 Å². The molecule has 0 atom stereocenters. The molecule has 0 unspecified atom stereocenters. The number of aliphatic hydroxyl groups is 1. The van der Waals surface area contributed by atoms with E-state index in [9.17, 15) is 9.59 Å². The highest BCUT2D eigenvalue weighted by Gasteiger charge is 2.48. The average molecular weight is 289 g/mol. The maximum Gasteiger partial charge on any atom is 0.328 e. The average Bonchev–Trinajstić information content (AvgIpc) is 2.18. The van der Waals surface area contributed by atoms with Gasteiger partial charge in [0.25, 0.3) is 0 Å². The van der Waals surface area contributed by atoms with E-state index in [1.165, 1.54) is 18.2 Å². The Hall–Kier alpha value is -1.40. The van der Waals surface area contributed by atoms with Crippen LogP contribution in [0.2, 0.25) is 0 Å². The Morgan fingerprint density at radius 3 is 2.19 bits per heavy atom. The first-order valence-corrected chi connectivity index (χ1v) is 5.08. The molecule has 0 saturated carbocycles. The Balaban J connectivity index is 3.42. The molecule has 1 aromatic rings. The van der Waals surface area contributed by atoms with Crippen molar-refractivity contribution in [2.24, 2.45) is 0 Å². The summed E-state index contributed by atoms with van der Waals surface area (Å²) in [6, 6.07) is 5.85. The Morgan fingerprint density at radius 1 is 1.25 bits per heavy atom. The molecule has 6 heteroatoms. The molecular weight excluding hydrogens is 280 g/mol. The molecule has 0 fully saturated rings. The second kappa shape index (κ2) is 4.63. The SMILES string of the molecule is O=C(O)C(CO)(C(=O)O)c1cccc(Br)c1. The number of rotatable bonds is 4. The fraction of sp³-hybridized carbons (Fsp3) is 0.200. The van der Waals surface area contributed by atoms with Gasteiger partial charge in [-0.05, 0) is 17.7 Å². The van der Waals surface area contributed by atoms with E-state index in [0.29, 0.717) is 4.47 Å². The van der Waals surface area contributed by atoms with Crippen LogP contribution in [0.1, 0.15) is 5.56 Å². The molecule has 0 aliphatic heterocycles. The summed E-state index contributed by atoms with van der Waals surface area (Å²) in [5.41, 5.74) is -2.30. The molecule has 0 amide bonds. The lowest BCUT2D eigenvalue weighted by molar-refractivity contribution is -0.159. The largest absolute Gasteiger partial charge is 0.480 e. The van der Waals surface area contributed by atoms with Crippen molar-refractivity contribution >= 4 is 27.9 Å². The first-order valence-electron chi connectivity index (χ1n) is 4.29. The van der Waals surface area contributed by atoms with Crippen LogP contribution in [0.15, 0.2) is 28.7 Å². The molecule has 0 aliphatic carbocycles. The van der Waals surface area contributed by atoms with E-state index in [4.69, 9.17) is 15.3 Å². The first-order chi connectivity index (χ1) is 7.45. The Kier molecular flexibility index (Phi) is 3.66. The molecule has 16 heavy (non-hydrogen) atoms. The van der Waals surface area contributed by atoms with Crippen molar-refractivity contribution in [2.75, 3.05) is 6.61 Å². The predicted octanol–water partition coefficient (Wildman–Crippen LogP) is 0.848. The van der Waals surface area contributed by atoms with Gasteiger partial charge in [0.05, 0.1) is 6.61 Å². The zero-order chi connectivity index (χ0) is 12.3. The zero-order valence-corrected chi connectivity index (χ0v) is 9.64. The smallest absolute Gasteiger partial charge is 0.328 e. The van der Waals surface area contributed by atoms with Crippen molar-refractivity contribution in [3.63, 3.8) is 0 Å². The maximum atomic E-state index is 11.0. The summed E-state index contributed by atoms with van der Waals surface area (Å²) in [4.78, 5) is 22.1. The zero-order valence-electron chi connectivity index (χ0n) is 8.05. The molecule has 0 radical (unpaired) electrons. The van der Waals surface area contributed by atoms with Crippen LogP contribution < -0.4 is 0 Å². The molecule has 3 N–H and O–H groups in total. The van der Waals surface area contributed by atoms with Crippen molar-refractivity contribution in [2.45, 2.75) is 5.41 Å². The third-order valence-corrected chi connectivity index (χ3v) is 2.78. The van der Waals surface area contributed by atoms with Crippen molar-refractivity contribution in [3.05, 3.63) is 34.3 Å². The van der Waals surface area contributed by atoms with Crippen molar-refractivity contribution in [1.82, 2.24) is 0 Å². The Bertz CT molecular complexity index is 415. The molecule has 0 bridgehead atoms. The fourth-order valence-electron chi connectivity index (χ4n) is 1.32. The van der Waals surface area contributed by atoms with Crippen LogP contribution >= 0.6 is 15.9 Å². The minimum atomic E-state index is -2.32. The van der Waals surface area contributed by atoms with Gasteiger partial charge in [-0.2, -0.15) is 0 Å². The molecular formula is C10H9BrO5. The number of aliphatic carboxylic acids is 2. The Morgan fingerprint density at radius 2 is 1.81 bits per heavy atom. The van der Waals surface area contributed by atoms with Gasteiger partial charge >= 0.3 is 11.9 Å². The number of hydrogen-bond acceptors (Lipinski definition) is 3. The van der Waals surface area contributed by atoms with Crippen LogP contribution in [-0.4, -0.2) is 33.9 Å². The highest BCUT2D eigenvalue weighted by atomic mass is 79.9. The molecule has 86 valence electrons. The van der Waals surface area contributed by atoms with Gasteiger partial charge in [-0.15, -0.1) is 0 Å². The van der Waals surface area contributed by atoms with Gasteiger partial charge in [0, 0.05) is 4.47 Å². The standard InChI is InChI=1S/C10H9BrO5/c11-7-3-1-2-6(4-7)10(5-12,8(13)14)9(15)16/h1-4,12H,5H2,(H,13,14)(H,15,16). The summed E-state index contributed by atoms with van der Waals surface area (Å²) < 4.78 is 0.547. The lowest BCUT2D eigenvalue weighted by Gasteiger charge is -2.22. The number of halogens is 1. The van der Waals surface area contributed by atoms with Crippen molar-refractivity contribution in [1.29, 1.82) is 0 Å². The monoisotopic (exact) mass is 288 g/mol. The van der Waals surface area contributed by atoms with Gasteiger partial charge < -0.3 is 15.3 Å². The van der Waals surface area contributed by atoms with Crippen LogP contribution in [0.4, 0.5) is 0 Å². The molecule has 0 aliphatic rings. The lowest BCUT2D eigenvalue weighted by atomic mass is 9.81. The van der Waals surface area contributed by atoms with E-state index in [2.05, 4.69) is 15.9 Å². The minimum absolute atomic E-state index is 0.0179. The van der Waals surface area contributed by atoms with Gasteiger partial charge in [0.1, 0.15) is 0 Å². The normalized spacial score (nSPS) is 11.1. The number of benzene rings is 1. The molecule has 5 nitrogen and oxygen atoms in total. The van der Waals surface area contributed by atoms with Crippen LogP contribution in [0.25, 0.3) is 0 Å². The highest BCUT2D eigenvalue weighted by molar-refractivity contribution is 9.10. The lowest BCUT2D eigenvalue weighted by Crippen LogP contribution is -2.47. The van der Waals surface area contributed by atoms with Gasteiger partial charge in [0.2, 0.25) is 5.41 Å². The van der Waals surface area contributed by atoms with Gasteiger partial charge in [-0.25, -0.2) is 0 Å². The molecule has 0 aromatic heterocycles. The molecule has 0 heterocycles. The second-order valence-corrected chi connectivity index (χ2v) is 4.10. The number of carboxylic acid groups (broad SMARTS) is 2. The summed E-state index contributed by atoms with van der Waals surface area (Å²) in [6.45, 7) is -1.01. The van der Waals surface area contributed by atoms with E-state index < -0.39 is 24.0 Å². The van der Waals surface area contributed by atoms with E-state index in [-0.39, 0.29) is 5.56 Å². The Labute approximate surface area is 99.5 Å². The van der Waals surface area contributed by atoms with E-state index in [1.807, 2.05) is 0 Å². The maximum absolute atomic E-state index is 11.0. The van der Waals surface area contributed by atoms with Crippen LogP contribution in [-0.2, 0) is 15.0 Å². The van der Waals surface area contributed by atoms with Gasteiger partial charge in [-0.3, -0.25) is 9.59 Å². The predicted molar refractivity (Wildman–Crippen MR) is 58.2 cm³/mol. The molecule has 1 rings (SSSR count). The molecule has 0 spiro atoms. The summed E-state index contributed by atoms with van der Waals surface area (Å²) in [5, 5.41) is 27.0. The van der Waals surface area contributed by atoms with Crippen LogP contribution in [0, 0.1) is 0 Å². The van der Waals surface area contributed by atoms with Crippen LogP contribution in [0.5, 0.6) is 0 Å². The first kappa shape index (κ1) is 12.7. The number of carbonyl (C=O) groups is 2. The third kappa shape index (κ3) is 1.94.